The molecule has 2 aromatic rings. The molecule has 1 amide bonds. The van der Waals surface area contributed by atoms with Gasteiger partial charge < -0.3 is 16.2 Å². The zero-order valence-corrected chi connectivity index (χ0v) is 9.95. The number of carbonyl (C=O) groups is 1. The Morgan fingerprint density at radius 1 is 1.10 bits per heavy atom. The van der Waals surface area contributed by atoms with E-state index >= 15 is 0 Å². The van der Waals surface area contributed by atoms with Gasteiger partial charge in [0, 0.05) is 6.07 Å². The van der Waals surface area contributed by atoms with Crippen molar-refractivity contribution in [2.24, 2.45) is 0 Å². The van der Waals surface area contributed by atoms with Crippen LogP contribution in [0.5, 0.6) is 5.75 Å². The van der Waals surface area contributed by atoms with Gasteiger partial charge >= 0.3 is 0 Å². The molecule has 0 atom stereocenters. The number of halogens is 3. The second-order valence-corrected chi connectivity index (χ2v) is 3.94. The number of phenols is 1. The molecule has 4 N–H and O–H groups in total. The van der Waals surface area contributed by atoms with Gasteiger partial charge in [-0.2, -0.15) is 0 Å². The molecule has 0 bridgehead atoms. The second-order valence-electron chi connectivity index (χ2n) is 3.94. The summed E-state index contributed by atoms with van der Waals surface area (Å²) in [5, 5.41) is 11.0. The summed E-state index contributed by atoms with van der Waals surface area (Å²) in [4.78, 5) is 11.8. The van der Waals surface area contributed by atoms with E-state index in [0.29, 0.717) is 0 Å². The lowest BCUT2D eigenvalue weighted by atomic mass is 10.1. The van der Waals surface area contributed by atoms with Gasteiger partial charge in [0.2, 0.25) is 0 Å². The van der Waals surface area contributed by atoms with Crippen LogP contribution in [0, 0.1) is 17.5 Å². The number of nitrogens with one attached hydrogen (secondary N) is 1. The van der Waals surface area contributed by atoms with Gasteiger partial charge in [-0.15, -0.1) is 0 Å². The molecule has 0 heterocycles. The number of benzene rings is 2. The smallest absolute Gasteiger partial charge is 0.258 e. The highest BCUT2D eigenvalue weighted by atomic mass is 19.2. The molecule has 0 aliphatic heterocycles. The second kappa shape index (κ2) is 5.12. The first-order valence-electron chi connectivity index (χ1n) is 5.43. The molecule has 0 saturated heterocycles. The minimum Gasteiger partial charge on any atom is -0.508 e. The number of hydrogen-bond acceptors (Lipinski definition) is 3. The number of amides is 1. The topological polar surface area (TPSA) is 75.3 Å². The summed E-state index contributed by atoms with van der Waals surface area (Å²) in [5.74, 6) is -4.91. The molecule has 20 heavy (non-hydrogen) atoms. The predicted octanol–water partition coefficient (Wildman–Crippen LogP) is 2.64. The Kier molecular flexibility index (Phi) is 3.51. The van der Waals surface area contributed by atoms with E-state index in [-0.39, 0.29) is 11.4 Å². The summed E-state index contributed by atoms with van der Waals surface area (Å²) in [6, 6.07) is 4.69. The monoisotopic (exact) mass is 282 g/mol. The average Bonchev–Trinajstić information content (AvgIpc) is 2.39. The van der Waals surface area contributed by atoms with Gasteiger partial charge in [-0.1, -0.05) is 0 Å². The third-order valence-corrected chi connectivity index (χ3v) is 2.56. The lowest BCUT2D eigenvalue weighted by Gasteiger charge is -2.10. The zero-order chi connectivity index (χ0) is 14.9. The minimum absolute atomic E-state index is 0.198. The maximum atomic E-state index is 13.5. The Labute approximate surface area is 111 Å². The molecule has 104 valence electrons. The number of hydrogen-bond donors (Lipinski definition) is 3. The molecule has 4 nitrogen and oxygen atoms in total. The van der Waals surface area contributed by atoms with E-state index < -0.39 is 34.6 Å². The quantitative estimate of drug-likeness (QED) is 0.741. The van der Waals surface area contributed by atoms with Gasteiger partial charge in [-0.3, -0.25) is 4.79 Å². The first kappa shape index (κ1) is 13.7. The Morgan fingerprint density at radius 2 is 1.80 bits per heavy atom. The highest BCUT2D eigenvalue weighted by Crippen LogP contribution is 2.25. The van der Waals surface area contributed by atoms with Crippen LogP contribution in [0.15, 0.2) is 30.3 Å². The fraction of sp³-hybridized carbons (Fsp3) is 0. The number of carbonyl (C=O) groups excluding carboxylic acids is 1. The molecular weight excluding hydrogens is 273 g/mol. The van der Waals surface area contributed by atoms with Crippen molar-refractivity contribution in [1.82, 2.24) is 0 Å². The number of aromatic hydroxyl groups is 1. The molecule has 0 radical (unpaired) electrons. The van der Waals surface area contributed by atoms with Gasteiger partial charge in [0.1, 0.15) is 17.3 Å². The fourth-order valence-electron chi connectivity index (χ4n) is 1.56. The van der Waals surface area contributed by atoms with Crippen molar-refractivity contribution in [1.29, 1.82) is 0 Å². The number of nitrogens with two attached hydrogens (primary N) is 1. The summed E-state index contributed by atoms with van der Waals surface area (Å²) < 4.78 is 40.0. The standard InChI is InChI=1S/C13H9F3N2O2/c14-8-3-4-10(17)12(11(8)16)18-13(20)7-2-1-6(19)5-9(7)15/h1-5,19H,17H2,(H,18,20). The van der Waals surface area contributed by atoms with E-state index in [1.54, 1.807) is 0 Å². The lowest BCUT2D eigenvalue weighted by Crippen LogP contribution is -2.16. The SMILES string of the molecule is Nc1ccc(F)c(F)c1NC(=O)c1ccc(O)cc1F. The predicted molar refractivity (Wildman–Crippen MR) is 66.8 cm³/mol. The van der Waals surface area contributed by atoms with E-state index in [9.17, 15) is 18.0 Å². The first-order chi connectivity index (χ1) is 9.40. The fourth-order valence-corrected chi connectivity index (χ4v) is 1.56. The van der Waals surface area contributed by atoms with Gasteiger partial charge in [-0.05, 0) is 24.3 Å². The van der Waals surface area contributed by atoms with E-state index in [2.05, 4.69) is 0 Å². The normalized spacial score (nSPS) is 10.3. The highest BCUT2D eigenvalue weighted by molar-refractivity contribution is 6.06. The van der Waals surface area contributed by atoms with Gasteiger partial charge in [0.15, 0.2) is 11.6 Å². The third-order valence-electron chi connectivity index (χ3n) is 2.56. The summed E-state index contributed by atoms with van der Waals surface area (Å²) >= 11 is 0. The molecule has 2 rings (SSSR count). The van der Waals surface area contributed by atoms with Crippen molar-refractivity contribution in [2.75, 3.05) is 11.1 Å². The van der Waals surface area contributed by atoms with Crippen LogP contribution in [0.25, 0.3) is 0 Å². The van der Waals surface area contributed by atoms with Crippen molar-refractivity contribution in [3.63, 3.8) is 0 Å². The Morgan fingerprint density at radius 3 is 2.45 bits per heavy atom. The maximum absolute atomic E-state index is 13.5. The van der Waals surface area contributed by atoms with E-state index in [0.717, 1.165) is 30.3 Å². The highest BCUT2D eigenvalue weighted by Gasteiger charge is 2.18. The number of nitrogen functional groups attached to an aromatic ring is 1. The summed E-state index contributed by atoms with van der Waals surface area (Å²) in [6.45, 7) is 0. The van der Waals surface area contributed by atoms with E-state index in [1.807, 2.05) is 5.32 Å². The summed E-state index contributed by atoms with van der Waals surface area (Å²) in [5.41, 5.74) is 4.22. The Bertz CT molecular complexity index is 690. The van der Waals surface area contributed by atoms with E-state index in [4.69, 9.17) is 10.8 Å². The molecule has 0 aliphatic carbocycles. The van der Waals surface area contributed by atoms with Crippen LogP contribution in [-0.4, -0.2) is 11.0 Å². The average molecular weight is 282 g/mol. The molecule has 0 fully saturated rings. The van der Waals surface area contributed by atoms with Gasteiger partial charge in [0.25, 0.3) is 5.91 Å². The minimum atomic E-state index is -1.34. The van der Waals surface area contributed by atoms with Crippen molar-refractivity contribution in [3.05, 3.63) is 53.3 Å². The summed E-state index contributed by atoms with van der Waals surface area (Å²) in [7, 11) is 0. The van der Waals surface area contributed by atoms with Crippen LogP contribution in [0.1, 0.15) is 10.4 Å². The van der Waals surface area contributed by atoms with E-state index in [1.165, 1.54) is 0 Å². The Balaban J connectivity index is 2.35. The van der Waals surface area contributed by atoms with Crippen LogP contribution in [0.3, 0.4) is 0 Å². The molecular formula is C13H9F3N2O2. The van der Waals surface area contributed by atoms with Crippen LogP contribution in [0.2, 0.25) is 0 Å². The molecule has 0 spiro atoms. The maximum Gasteiger partial charge on any atom is 0.258 e. The molecule has 0 aliphatic rings. The summed E-state index contributed by atoms with van der Waals surface area (Å²) in [6.07, 6.45) is 0. The lowest BCUT2D eigenvalue weighted by molar-refractivity contribution is 0.102. The Hall–Kier alpha value is -2.70. The molecule has 2 aromatic carbocycles. The molecule has 0 unspecified atom stereocenters. The van der Waals surface area contributed by atoms with Crippen LogP contribution in [-0.2, 0) is 0 Å². The largest absolute Gasteiger partial charge is 0.508 e. The van der Waals surface area contributed by atoms with Crippen molar-refractivity contribution >= 4 is 17.3 Å². The molecule has 0 aromatic heterocycles. The molecule has 0 saturated carbocycles. The van der Waals surface area contributed by atoms with Crippen molar-refractivity contribution in [3.8, 4) is 5.75 Å². The van der Waals surface area contributed by atoms with Gasteiger partial charge in [-0.25, -0.2) is 13.2 Å². The number of anilines is 2. The molecule has 7 heteroatoms. The van der Waals surface area contributed by atoms with Crippen LogP contribution >= 0.6 is 0 Å². The van der Waals surface area contributed by atoms with Crippen LogP contribution < -0.4 is 11.1 Å². The number of rotatable bonds is 2. The van der Waals surface area contributed by atoms with Gasteiger partial charge in [0.05, 0.1) is 11.3 Å². The third kappa shape index (κ3) is 2.51. The number of phenolic OH excluding ortho intramolecular Hbond substituents is 1. The van der Waals surface area contributed by atoms with Crippen molar-refractivity contribution in [2.45, 2.75) is 0 Å². The van der Waals surface area contributed by atoms with Crippen molar-refractivity contribution < 1.29 is 23.1 Å². The first-order valence-corrected chi connectivity index (χ1v) is 5.43. The van der Waals surface area contributed by atoms with Crippen LogP contribution in [0.4, 0.5) is 24.5 Å². The zero-order valence-electron chi connectivity index (χ0n) is 9.95.